The first-order valence-electron chi connectivity index (χ1n) is 8.54. The molecule has 0 saturated carbocycles. The fraction of sp³-hybridized carbons (Fsp3) is 0.444. The molecule has 1 aromatic heterocycles. The maximum atomic E-state index is 12.9. The van der Waals surface area contributed by atoms with Gasteiger partial charge in [-0.2, -0.15) is 18.3 Å². The molecule has 1 aliphatic heterocycles. The van der Waals surface area contributed by atoms with Gasteiger partial charge < -0.3 is 10.6 Å². The van der Waals surface area contributed by atoms with Gasteiger partial charge in [-0.3, -0.25) is 4.79 Å². The van der Waals surface area contributed by atoms with Crippen LogP contribution in [0.4, 0.5) is 13.2 Å². The van der Waals surface area contributed by atoms with Gasteiger partial charge in [0.1, 0.15) is 0 Å². The van der Waals surface area contributed by atoms with E-state index in [2.05, 4.69) is 12.0 Å². The number of nitrogens with zero attached hydrogens (tertiary/aromatic N) is 3. The largest absolute Gasteiger partial charge is 0.416 e. The Morgan fingerprint density at radius 2 is 2.12 bits per heavy atom. The van der Waals surface area contributed by atoms with Crippen molar-refractivity contribution in [2.45, 2.75) is 32.0 Å². The number of alkyl halides is 3. The minimum atomic E-state index is -4.43. The number of hydrogen-bond acceptors (Lipinski definition) is 3. The Morgan fingerprint density at radius 1 is 1.35 bits per heavy atom. The number of carbonyl (C=O) groups is 1. The Balaban J connectivity index is 1.83. The van der Waals surface area contributed by atoms with Crippen molar-refractivity contribution in [2.24, 2.45) is 11.7 Å². The molecular formula is C18H21F3N4O. The van der Waals surface area contributed by atoms with Crippen LogP contribution in [0, 0.1) is 5.92 Å². The molecule has 1 fully saturated rings. The van der Waals surface area contributed by atoms with Gasteiger partial charge in [-0.1, -0.05) is 13.0 Å². The monoisotopic (exact) mass is 366 g/mol. The number of likely N-dealkylation sites (tertiary alicyclic amines) is 1. The van der Waals surface area contributed by atoms with Gasteiger partial charge in [0.05, 0.1) is 11.3 Å². The highest BCUT2D eigenvalue weighted by atomic mass is 19.4. The van der Waals surface area contributed by atoms with Crippen LogP contribution in [-0.2, 0) is 6.18 Å². The molecule has 2 atom stereocenters. The van der Waals surface area contributed by atoms with Gasteiger partial charge in [-0.25, -0.2) is 4.68 Å². The van der Waals surface area contributed by atoms with Crippen LogP contribution in [-0.4, -0.2) is 39.7 Å². The van der Waals surface area contributed by atoms with E-state index in [-0.39, 0.29) is 23.3 Å². The van der Waals surface area contributed by atoms with E-state index >= 15 is 0 Å². The Hall–Kier alpha value is -2.35. The second-order valence-electron chi connectivity index (χ2n) is 6.71. The van der Waals surface area contributed by atoms with Crippen molar-refractivity contribution < 1.29 is 18.0 Å². The molecule has 26 heavy (non-hydrogen) atoms. The summed E-state index contributed by atoms with van der Waals surface area (Å²) in [4.78, 5) is 14.5. The van der Waals surface area contributed by atoms with Crippen LogP contribution < -0.4 is 5.73 Å². The van der Waals surface area contributed by atoms with E-state index in [0.29, 0.717) is 19.0 Å². The molecule has 1 aliphatic rings. The molecule has 1 amide bonds. The lowest BCUT2D eigenvalue weighted by molar-refractivity contribution is -0.137. The average Bonchev–Trinajstić information content (AvgIpc) is 3.10. The SMILES string of the molecule is CC1CCN(C(=O)c2ccn(-c3cccc(C(F)(F)F)c3)n2)C(CN)C1. The van der Waals surface area contributed by atoms with Gasteiger partial charge in [0.2, 0.25) is 0 Å². The molecule has 0 bridgehead atoms. The van der Waals surface area contributed by atoms with Crippen molar-refractivity contribution >= 4 is 5.91 Å². The number of amides is 1. The zero-order valence-electron chi connectivity index (χ0n) is 14.4. The molecule has 140 valence electrons. The standard InChI is InChI=1S/C18H21F3N4O/c1-12-5-7-24(15(9-12)11-22)17(26)16-6-8-25(23-16)14-4-2-3-13(10-14)18(19,20)21/h2-4,6,8,10,12,15H,5,7,9,11,22H2,1H3. The van der Waals surface area contributed by atoms with Gasteiger partial charge >= 0.3 is 6.18 Å². The molecule has 2 aromatic rings. The summed E-state index contributed by atoms with van der Waals surface area (Å²) in [6, 6.07) is 6.32. The van der Waals surface area contributed by atoms with E-state index in [0.717, 1.165) is 25.0 Å². The number of piperidine rings is 1. The van der Waals surface area contributed by atoms with Crippen molar-refractivity contribution in [3.05, 3.63) is 47.8 Å². The van der Waals surface area contributed by atoms with Crippen molar-refractivity contribution in [3.8, 4) is 5.69 Å². The maximum absolute atomic E-state index is 12.9. The van der Waals surface area contributed by atoms with Crippen molar-refractivity contribution in [1.29, 1.82) is 0 Å². The second-order valence-corrected chi connectivity index (χ2v) is 6.71. The van der Waals surface area contributed by atoms with E-state index in [1.54, 1.807) is 4.90 Å². The summed E-state index contributed by atoms with van der Waals surface area (Å²) < 4.78 is 39.9. The number of aromatic nitrogens is 2. The smallest absolute Gasteiger partial charge is 0.333 e. The molecule has 0 spiro atoms. The lowest BCUT2D eigenvalue weighted by Crippen LogP contribution is -2.49. The molecule has 2 heterocycles. The lowest BCUT2D eigenvalue weighted by atomic mass is 9.92. The Kier molecular flexibility index (Phi) is 5.04. The highest BCUT2D eigenvalue weighted by Crippen LogP contribution is 2.30. The summed E-state index contributed by atoms with van der Waals surface area (Å²) in [6.45, 7) is 3.12. The van der Waals surface area contributed by atoms with Crippen LogP contribution in [0.25, 0.3) is 5.69 Å². The van der Waals surface area contributed by atoms with Crippen LogP contribution in [0.2, 0.25) is 0 Å². The minimum Gasteiger partial charge on any atom is -0.333 e. The Morgan fingerprint density at radius 3 is 2.81 bits per heavy atom. The molecule has 1 aromatic carbocycles. The van der Waals surface area contributed by atoms with Gasteiger partial charge in [0.15, 0.2) is 5.69 Å². The second kappa shape index (κ2) is 7.11. The minimum absolute atomic E-state index is 0.0371. The number of halogens is 3. The van der Waals surface area contributed by atoms with Crippen molar-refractivity contribution in [3.63, 3.8) is 0 Å². The van der Waals surface area contributed by atoms with Gasteiger partial charge in [-0.15, -0.1) is 0 Å². The molecular weight excluding hydrogens is 345 g/mol. The zero-order valence-corrected chi connectivity index (χ0v) is 14.4. The Bertz CT molecular complexity index is 787. The Labute approximate surface area is 149 Å². The lowest BCUT2D eigenvalue weighted by Gasteiger charge is -2.37. The molecule has 2 unspecified atom stereocenters. The van der Waals surface area contributed by atoms with E-state index < -0.39 is 11.7 Å². The molecule has 5 nitrogen and oxygen atoms in total. The third-order valence-electron chi connectivity index (χ3n) is 4.76. The zero-order chi connectivity index (χ0) is 18.9. The van der Waals surface area contributed by atoms with Crippen LogP contribution in [0.15, 0.2) is 36.5 Å². The molecule has 3 rings (SSSR count). The quantitative estimate of drug-likeness (QED) is 0.908. The summed E-state index contributed by atoms with van der Waals surface area (Å²) in [5.41, 5.74) is 5.50. The van der Waals surface area contributed by atoms with Crippen molar-refractivity contribution in [1.82, 2.24) is 14.7 Å². The van der Waals surface area contributed by atoms with Crippen LogP contribution in [0.1, 0.15) is 35.8 Å². The van der Waals surface area contributed by atoms with Crippen LogP contribution >= 0.6 is 0 Å². The summed E-state index contributed by atoms with van der Waals surface area (Å²) >= 11 is 0. The molecule has 0 aliphatic carbocycles. The van der Waals surface area contributed by atoms with Crippen LogP contribution in [0.5, 0.6) is 0 Å². The van der Waals surface area contributed by atoms with Crippen LogP contribution in [0.3, 0.4) is 0 Å². The normalized spacial score (nSPS) is 21.0. The van der Waals surface area contributed by atoms with Gasteiger partial charge in [0.25, 0.3) is 5.91 Å². The fourth-order valence-corrected chi connectivity index (χ4v) is 3.30. The number of hydrogen-bond donors (Lipinski definition) is 1. The molecule has 1 saturated heterocycles. The third-order valence-corrected chi connectivity index (χ3v) is 4.76. The number of nitrogens with two attached hydrogens (primary N) is 1. The summed E-state index contributed by atoms with van der Waals surface area (Å²) in [5, 5.41) is 4.18. The average molecular weight is 366 g/mol. The van der Waals surface area contributed by atoms with Gasteiger partial charge in [0, 0.05) is 25.3 Å². The molecule has 8 heteroatoms. The first kappa shape index (κ1) is 18.4. The van der Waals surface area contributed by atoms with Gasteiger partial charge in [-0.05, 0) is 43.0 Å². The first-order valence-corrected chi connectivity index (χ1v) is 8.54. The third kappa shape index (κ3) is 3.75. The fourth-order valence-electron chi connectivity index (χ4n) is 3.30. The topological polar surface area (TPSA) is 64.2 Å². The summed E-state index contributed by atoms with van der Waals surface area (Å²) in [6.07, 6.45) is -1.19. The predicted molar refractivity (Wildman–Crippen MR) is 90.8 cm³/mol. The summed E-state index contributed by atoms with van der Waals surface area (Å²) in [7, 11) is 0. The maximum Gasteiger partial charge on any atom is 0.416 e. The van der Waals surface area contributed by atoms with E-state index in [4.69, 9.17) is 5.73 Å². The number of carbonyl (C=O) groups excluding carboxylic acids is 1. The highest BCUT2D eigenvalue weighted by Gasteiger charge is 2.32. The predicted octanol–water partition coefficient (Wildman–Crippen LogP) is 3.09. The highest BCUT2D eigenvalue weighted by molar-refractivity contribution is 5.92. The first-order chi connectivity index (χ1) is 12.3. The van der Waals surface area contributed by atoms with E-state index in [1.165, 1.54) is 29.1 Å². The number of rotatable bonds is 3. The molecule has 2 N–H and O–H groups in total. The summed E-state index contributed by atoms with van der Waals surface area (Å²) in [5.74, 6) is 0.272. The number of benzene rings is 1. The van der Waals surface area contributed by atoms with Crippen molar-refractivity contribution in [2.75, 3.05) is 13.1 Å². The van der Waals surface area contributed by atoms with E-state index in [1.807, 2.05) is 0 Å². The van der Waals surface area contributed by atoms with E-state index in [9.17, 15) is 18.0 Å². The molecule has 0 radical (unpaired) electrons.